The van der Waals surface area contributed by atoms with Crippen LogP contribution in [0.15, 0.2) is 30.3 Å². The van der Waals surface area contributed by atoms with Crippen LogP contribution in [0.5, 0.6) is 0 Å². The average Bonchev–Trinajstić information content (AvgIpc) is 2.25. The second kappa shape index (κ2) is 4.05. The summed E-state index contributed by atoms with van der Waals surface area (Å²) in [6, 6.07) is 10.3. The third-order valence-corrected chi connectivity index (χ3v) is 3.03. The molecule has 0 N–H and O–H groups in total. The Morgan fingerprint density at radius 3 is 2.53 bits per heavy atom. The summed E-state index contributed by atoms with van der Waals surface area (Å²) in [7, 11) is 2.09. The fraction of sp³-hybridized carbons (Fsp3) is 0.462. The summed E-state index contributed by atoms with van der Waals surface area (Å²) in [6.07, 6.45) is 0.302. The van der Waals surface area contributed by atoms with Gasteiger partial charge in [0.25, 0.3) is 0 Å². The molecule has 0 amide bonds. The van der Waals surface area contributed by atoms with Crippen molar-refractivity contribution < 1.29 is 9.31 Å². The van der Waals surface area contributed by atoms with Gasteiger partial charge in [-0.25, -0.2) is 4.58 Å². The van der Waals surface area contributed by atoms with Crippen LogP contribution in [-0.2, 0) is 4.74 Å². The van der Waals surface area contributed by atoms with Gasteiger partial charge in [0.2, 0.25) is 0 Å². The van der Waals surface area contributed by atoms with Crippen molar-refractivity contribution >= 4 is 5.90 Å². The molecule has 2 heteroatoms. The number of nitrogens with zero attached hydrogens (tertiary/aromatic N) is 1. The maximum absolute atomic E-state index is 5.94. The Bertz CT molecular complexity index is 369. The molecular weight excluding hydrogens is 186 g/mol. The molecule has 1 aliphatic heterocycles. The van der Waals surface area contributed by atoms with Crippen molar-refractivity contribution in [2.45, 2.75) is 20.0 Å². The molecule has 0 bridgehead atoms. The molecule has 0 spiro atoms. The van der Waals surface area contributed by atoms with Crippen molar-refractivity contribution in [2.24, 2.45) is 5.92 Å². The van der Waals surface area contributed by atoms with E-state index >= 15 is 0 Å². The summed E-state index contributed by atoms with van der Waals surface area (Å²) < 4.78 is 8.13. The van der Waals surface area contributed by atoms with Crippen molar-refractivity contribution in [3.8, 4) is 0 Å². The monoisotopic (exact) mass is 204 g/mol. The molecule has 80 valence electrons. The first kappa shape index (κ1) is 10.2. The Morgan fingerprint density at radius 1 is 1.20 bits per heavy atom. The molecule has 0 unspecified atom stereocenters. The van der Waals surface area contributed by atoms with Crippen molar-refractivity contribution in [1.29, 1.82) is 0 Å². The minimum Gasteiger partial charge on any atom is -0.441 e. The Kier molecular flexibility index (Phi) is 2.76. The van der Waals surface area contributed by atoms with E-state index in [0.717, 1.165) is 12.4 Å². The zero-order chi connectivity index (χ0) is 10.8. The molecular formula is C13H18NO+. The molecule has 15 heavy (non-hydrogen) atoms. The quantitative estimate of drug-likeness (QED) is 0.638. The second-order valence-electron chi connectivity index (χ2n) is 4.35. The van der Waals surface area contributed by atoms with Crippen LogP contribution in [0.4, 0.5) is 0 Å². The minimum atomic E-state index is 0.302. The van der Waals surface area contributed by atoms with Crippen LogP contribution in [0, 0.1) is 5.92 Å². The lowest BCUT2D eigenvalue weighted by Crippen LogP contribution is -2.39. The van der Waals surface area contributed by atoms with Gasteiger partial charge in [-0.1, -0.05) is 25.1 Å². The lowest BCUT2D eigenvalue weighted by molar-refractivity contribution is -0.525. The number of hydrogen-bond donors (Lipinski definition) is 0. The zero-order valence-corrected chi connectivity index (χ0v) is 9.60. The molecule has 2 atom stereocenters. The highest BCUT2D eigenvalue weighted by Gasteiger charge is 2.30. The van der Waals surface area contributed by atoms with E-state index in [4.69, 9.17) is 4.74 Å². The van der Waals surface area contributed by atoms with Gasteiger partial charge < -0.3 is 4.74 Å². The van der Waals surface area contributed by atoms with E-state index in [0.29, 0.717) is 12.0 Å². The molecule has 0 radical (unpaired) electrons. The van der Waals surface area contributed by atoms with E-state index in [-0.39, 0.29) is 0 Å². The Hall–Kier alpha value is -1.31. The average molecular weight is 204 g/mol. The van der Waals surface area contributed by atoms with Crippen LogP contribution in [0.1, 0.15) is 19.4 Å². The summed E-state index contributed by atoms with van der Waals surface area (Å²) in [5.41, 5.74) is 1.17. The predicted molar refractivity (Wildman–Crippen MR) is 61.3 cm³/mol. The van der Waals surface area contributed by atoms with Crippen LogP contribution in [0.25, 0.3) is 0 Å². The van der Waals surface area contributed by atoms with Gasteiger partial charge in [0.15, 0.2) is 6.54 Å². The van der Waals surface area contributed by atoms with Crippen molar-refractivity contribution in [3.05, 3.63) is 35.9 Å². The normalized spacial score (nSPS) is 26.3. The molecule has 0 saturated carbocycles. The first-order valence-electron chi connectivity index (χ1n) is 5.48. The third kappa shape index (κ3) is 2.04. The highest BCUT2D eigenvalue weighted by Crippen LogP contribution is 2.16. The lowest BCUT2D eigenvalue weighted by atomic mass is 10.0. The highest BCUT2D eigenvalue weighted by molar-refractivity contribution is 5.90. The smallest absolute Gasteiger partial charge is 0.369 e. The molecule has 1 aliphatic rings. The Morgan fingerprint density at radius 2 is 1.87 bits per heavy atom. The lowest BCUT2D eigenvalue weighted by Gasteiger charge is -2.24. The molecule has 1 heterocycles. The fourth-order valence-corrected chi connectivity index (χ4v) is 1.91. The topological polar surface area (TPSA) is 12.2 Å². The van der Waals surface area contributed by atoms with Crippen molar-refractivity contribution in [2.75, 3.05) is 13.6 Å². The Labute approximate surface area is 91.2 Å². The van der Waals surface area contributed by atoms with Crippen LogP contribution in [0.3, 0.4) is 0 Å². The summed E-state index contributed by atoms with van der Waals surface area (Å²) in [5, 5.41) is 0. The van der Waals surface area contributed by atoms with Gasteiger partial charge in [-0.15, -0.1) is 0 Å². The minimum absolute atomic E-state index is 0.302. The van der Waals surface area contributed by atoms with E-state index in [2.05, 4.69) is 37.6 Å². The molecule has 2 rings (SSSR count). The predicted octanol–water partition coefficient (Wildman–Crippen LogP) is 2.13. The van der Waals surface area contributed by atoms with Crippen LogP contribution < -0.4 is 0 Å². The van der Waals surface area contributed by atoms with Gasteiger partial charge in [-0.05, 0) is 19.1 Å². The van der Waals surface area contributed by atoms with Gasteiger partial charge >= 0.3 is 5.90 Å². The van der Waals surface area contributed by atoms with Crippen molar-refractivity contribution in [1.82, 2.24) is 0 Å². The zero-order valence-electron chi connectivity index (χ0n) is 9.60. The standard InChI is InChI=1S/C13H18NO/c1-10-9-14(3)13(15-11(10)2)12-7-5-4-6-8-12/h4-8,10-11H,9H2,1-3H3/q+1/t10-,11+/m1/s1. The van der Waals surface area contributed by atoms with E-state index in [1.165, 1.54) is 5.56 Å². The first-order chi connectivity index (χ1) is 7.18. The molecule has 0 aliphatic carbocycles. The summed E-state index contributed by atoms with van der Waals surface area (Å²) in [4.78, 5) is 0. The molecule has 2 nitrogen and oxygen atoms in total. The Balaban J connectivity index is 2.33. The van der Waals surface area contributed by atoms with E-state index in [9.17, 15) is 0 Å². The first-order valence-corrected chi connectivity index (χ1v) is 5.48. The van der Waals surface area contributed by atoms with Gasteiger partial charge in [0.05, 0.1) is 11.5 Å². The largest absolute Gasteiger partial charge is 0.441 e. The maximum atomic E-state index is 5.94. The number of ether oxygens (including phenoxy) is 1. The maximum Gasteiger partial charge on any atom is 0.369 e. The molecule has 0 aromatic heterocycles. The molecule has 1 aromatic carbocycles. The third-order valence-electron chi connectivity index (χ3n) is 3.03. The number of rotatable bonds is 1. The van der Waals surface area contributed by atoms with Crippen molar-refractivity contribution in [3.63, 3.8) is 0 Å². The van der Waals surface area contributed by atoms with E-state index in [1.807, 2.05) is 18.2 Å². The van der Waals surface area contributed by atoms with E-state index < -0.39 is 0 Å². The highest BCUT2D eigenvalue weighted by atomic mass is 16.5. The SMILES string of the molecule is C[C@@H]1C[N+](C)=C(c2ccccc2)O[C@H]1C. The van der Waals surface area contributed by atoms with Gasteiger partial charge in [-0.3, -0.25) is 0 Å². The van der Waals surface area contributed by atoms with Crippen LogP contribution in [0.2, 0.25) is 0 Å². The molecule has 1 aromatic rings. The van der Waals surface area contributed by atoms with Gasteiger partial charge in [0, 0.05) is 0 Å². The van der Waals surface area contributed by atoms with Crippen LogP contribution >= 0.6 is 0 Å². The molecule has 0 saturated heterocycles. The van der Waals surface area contributed by atoms with Gasteiger partial charge in [0.1, 0.15) is 13.2 Å². The fourth-order valence-electron chi connectivity index (χ4n) is 1.91. The summed E-state index contributed by atoms with van der Waals surface area (Å²) >= 11 is 0. The van der Waals surface area contributed by atoms with E-state index in [1.54, 1.807) is 0 Å². The van der Waals surface area contributed by atoms with Crippen LogP contribution in [-0.4, -0.2) is 30.2 Å². The van der Waals surface area contributed by atoms with Gasteiger partial charge in [-0.2, -0.15) is 0 Å². The second-order valence-corrected chi connectivity index (χ2v) is 4.35. The number of hydrogen-bond acceptors (Lipinski definition) is 1. The summed E-state index contributed by atoms with van der Waals surface area (Å²) in [5.74, 6) is 1.59. The number of benzene rings is 1. The molecule has 0 fully saturated rings. The summed E-state index contributed by atoms with van der Waals surface area (Å²) in [6.45, 7) is 5.43.